The van der Waals surface area contributed by atoms with Crippen molar-refractivity contribution in [2.75, 3.05) is 11.9 Å². The van der Waals surface area contributed by atoms with E-state index in [1.807, 2.05) is 32.0 Å². The second kappa shape index (κ2) is 8.26. The fraction of sp³-hybridized carbons (Fsp3) is 0.273. The van der Waals surface area contributed by atoms with E-state index in [1.54, 1.807) is 12.1 Å². The summed E-state index contributed by atoms with van der Waals surface area (Å²) in [6.45, 7) is 4.75. The number of esters is 1. The van der Waals surface area contributed by atoms with Crippen LogP contribution in [0.2, 0.25) is 0 Å². The van der Waals surface area contributed by atoms with Gasteiger partial charge in [0, 0.05) is 5.69 Å². The summed E-state index contributed by atoms with van der Waals surface area (Å²) in [6.07, 6.45) is 0.744. The SMILES string of the molecule is CCc1cccc(C)c1NC(=O)COC(=O)[C@H](C)N1C(=O)c2ccccc2C1=O. The van der Waals surface area contributed by atoms with Gasteiger partial charge in [0.05, 0.1) is 11.1 Å². The minimum Gasteiger partial charge on any atom is -0.454 e. The second-order valence-corrected chi connectivity index (χ2v) is 6.82. The van der Waals surface area contributed by atoms with Crippen LogP contribution in [0.25, 0.3) is 0 Å². The van der Waals surface area contributed by atoms with Crippen LogP contribution in [0.3, 0.4) is 0 Å². The Bertz CT molecular complexity index is 963. The zero-order valence-corrected chi connectivity index (χ0v) is 16.5. The average molecular weight is 394 g/mol. The first-order valence-electron chi connectivity index (χ1n) is 9.37. The summed E-state index contributed by atoms with van der Waals surface area (Å²) in [7, 11) is 0. The number of carbonyl (C=O) groups is 4. The molecule has 29 heavy (non-hydrogen) atoms. The molecule has 150 valence electrons. The maximum atomic E-state index is 12.5. The zero-order chi connectivity index (χ0) is 21.1. The molecule has 1 atom stereocenters. The van der Waals surface area contributed by atoms with Crippen molar-refractivity contribution in [2.24, 2.45) is 0 Å². The van der Waals surface area contributed by atoms with Crippen LogP contribution >= 0.6 is 0 Å². The van der Waals surface area contributed by atoms with E-state index in [1.165, 1.54) is 19.1 Å². The lowest BCUT2D eigenvalue weighted by molar-refractivity contribution is -0.150. The van der Waals surface area contributed by atoms with Crippen molar-refractivity contribution >= 4 is 29.4 Å². The third-order valence-electron chi connectivity index (χ3n) is 4.90. The van der Waals surface area contributed by atoms with E-state index in [2.05, 4.69) is 5.32 Å². The van der Waals surface area contributed by atoms with Gasteiger partial charge < -0.3 is 10.1 Å². The number of aryl methyl sites for hydroxylation is 2. The molecule has 2 aromatic rings. The van der Waals surface area contributed by atoms with Crippen molar-refractivity contribution in [1.29, 1.82) is 0 Å². The number of anilines is 1. The average Bonchev–Trinajstić information content (AvgIpc) is 2.97. The van der Waals surface area contributed by atoms with Gasteiger partial charge in [0.1, 0.15) is 6.04 Å². The number of hydrogen-bond acceptors (Lipinski definition) is 5. The fourth-order valence-electron chi connectivity index (χ4n) is 3.30. The van der Waals surface area contributed by atoms with Crippen LogP contribution in [-0.2, 0) is 20.7 Å². The Morgan fingerprint density at radius 3 is 2.24 bits per heavy atom. The highest BCUT2D eigenvalue weighted by Gasteiger charge is 2.41. The van der Waals surface area contributed by atoms with Gasteiger partial charge in [-0.25, -0.2) is 4.79 Å². The minimum atomic E-state index is -1.14. The summed E-state index contributed by atoms with van der Waals surface area (Å²) in [4.78, 5) is 50.4. The molecule has 0 spiro atoms. The zero-order valence-electron chi connectivity index (χ0n) is 16.5. The van der Waals surface area contributed by atoms with Gasteiger partial charge in [0.2, 0.25) is 0 Å². The Morgan fingerprint density at radius 1 is 1.03 bits per heavy atom. The first-order valence-corrected chi connectivity index (χ1v) is 9.37. The number of benzene rings is 2. The van der Waals surface area contributed by atoms with Crippen molar-refractivity contribution < 1.29 is 23.9 Å². The van der Waals surface area contributed by atoms with Crippen molar-refractivity contribution in [3.8, 4) is 0 Å². The number of nitrogens with one attached hydrogen (secondary N) is 1. The van der Waals surface area contributed by atoms with Crippen molar-refractivity contribution in [3.63, 3.8) is 0 Å². The van der Waals surface area contributed by atoms with Gasteiger partial charge in [0.15, 0.2) is 6.61 Å². The van der Waals surface area contributed by atoms with Crippen LogP contribution in [0.5, 0.6) is 0 Å². The van der Waals surface area contributed by atoms with E-state index in [4.69, 9.17) is 4.74 Å². The van der Waals surface area contributed by atoms with Gasteiger partial charge in [-0.05, 0) is 43.5 Å². The molecule has 0 fully saturated rings. The number of para-hydroxylation sites is 1. The van der Waals surface area contributed by atoms with Crippen LogP contribution in [0.4, 0.5) is 5.69 Å². The Kier molecular flexibility index (Phi) is 5.77. The van der Waals surface area contributed by atoms with E-state index in [9.17, 15) is 19.2 Å². The molecule has 3 rings (SSSR count). The van der Waals surface area contributed by atoms with Crippen LogP contribution in [0, 0.1) is 6.92 Å². The number of ether oxygens (including phenoxy) is 1. The van der Waals surface area contributed by atoms with Crippen molar-refractivity contribution in [2.45, 2.75) is 33.2 Å². The number of nitrogens with zero attached hydrogens (tertiary/aromatic N) is 1. The summed E-state index contributed by atoms with van der Waals surface area (Å²) in [6, 6.07) is 10.9. The van der Waals surface area contributed by atoms with E-state index in [0.29, 0.717) is 5.69 Å². The molecule has 0 saturated heterocycles. The Hall–Kier alpha value is -3.48. The summed E-state index contributed by atoms with van der Waals surface area (Å²) >= 11 is 0. The largest absolute Gasteiger partial charge is 0.454 e. The second-order valence-electron chi connectivity index (χ2n) is 6.82. The maximum absolute atomic E-state index is 12.5. The Balaban J connectivity index is 1.62. The van der Waals surface area contributed by atoms with E-state index >= 15 is 0 Å². The molecule has 0 saturated carbocycles. The molecule has 1 N–H and O–H groups in total. The predicted molar refractivity (Wildman–Crippen MR) is 107 cm³/mol. The molecule has 0 bridgehead atoms. The number of imide groups is 1. The van der Waals surface area contributed by atoms with Gasteiger partial charge in [-0.1, -0.05) is 37.3 Å². The van der Waals surface area contributed by atoms with Gasteiger partial charge in [-0.2, -0.15) is 0 Å². The van der Waals surface area contributed by atoms with Gasteiger partial charge >= 0.3 is 5.97 Å². The lowest BCUT2D eigenvalue weighted by atomic mass is 10.1. The molecular formula is C22H22N2O5. The van der Waals surface area contributed by atoms with Gasteiger partial charge in [-0.3, -0.25) is 19.3 Å². The van der Waals surface area contributed by atoms with Crippen LogP contribution < -0.4 is 5.32 Å². The molecule has 7 heteroatoms. The monoisotopic (exact) mass is 394 g/mol. The first-order chi connectivity index (χ1) is 13.8. The summed E-state index contributed by atoms with van der Waals surface area (Å²) in [5.74, 6) is -2.41. The van der Waals surface area contributed by atoms with E-state index in [0.717, 1.165) is 22.4 Å². The molecule has 1 aliphatic rings. The van der Waals surface area contributed by atoms with Gasteiger partial charge in [-0.15, -0.1) is 0 Å². The molecule has 0 aromatic heterocycles. The third-order valence-corrected chi connectivity index (χ3v) is 4.90. The Labute approximate surface area is 168 Å². The minimum absolute atomic E-state index is 0.251. The van der Waals surface area contributed by atoms with Crippen molar-refractivity contribution in [1.82, 2.24) is 4.90 Å². The normalized spacial score (nSPS) is 13.8. The fourth-order valence-corrected chi connectivity index (χ4v) is 3.30. The van der Waals surface area contributed by atoms with Gasteiger partial charge in [0.25, 0.3) is 17.7 Å². The van der Waals surface area contributed by atoms with Crippen LogP contribution in [0.1, 0.15) is 45.7 Å². The van der Waals surface area contributed by atoms with Crippen LogP contribution in [0.15, 0.2) is 42.5 Å². The Morgan fingerprint density at radius 2 is 1.66 bits per heavy atom. The number of amides is 3. The molecule has 1 aliphatic heterocycles. The molecular weight excluding hydrogens is 372 g/mol. The lowest BCUT2D eigenvalue weighted by Crippen LogP contribution is -2.44. The first kappa shape index (κ1) is 20.3. The number of carbonyl (C=O) groups excluding carboxylic acids is 4. The molecule has 7 nitrogen and oxygen atoms in total. The topological polar surface area (TPSA) is 92.8 Å². The molecule has 2 aromatic carbocycles. The number of hydrogen-bond donors (Lipinski definition) is 1. The maximum Gasteiger partial charge on any atom is 0.329 e. The standard InChI is InChI=1S/C22H22N2O5/c1-4-15-9-7-8-13(2)19(15)23-18(25)12-29-22(28)14(3)24-20(26)16-10-5-6-11-17(16)21(24)27/h5-11,14H,4,12H2,1-3H3,(H,23,25)/t14-/m0/s1. The van der Waals surface area contributed by atoms with Crippen LogP contribution in [-0.4, -0.2) is 41.2 Å². The predicted octanol–water partition coefficient (Wildman–Crippen LogP) is 2.72. The third kappa shape index (κ3) is 3.89. The highest BCUT2D eigenvalue weighted by molar-refractivity contribution is 6.22. The lowest BCUT2D eigenvalue weighted by Gasteiger charge is -2.21. The van der Waals surface area contributed by atoms with E-state index < -0.39 is 36.3 Å². The van der Waals surface area contributed by atoms with Crippen molar-refractivity contribution in [3.05, 3.63) is 64.7 Å². The summed E-state index contributed by atoms with van der Waals surface area (Å²) in [5, 5.41) is 2.76. The number of rotatable bonds is 6. The quantitative estimate of drug-likeness (QED) is 0.601. The summed E-state index contributed by atoms with van der Waals surface area (Å²) < 4.78 is 5.06. The highest BCUT2D eigenvalue weighted by Crippen LogP contribution is 2.25. The molecule has 0 aliphatic carbocycles. The molecule has 0 radical (unpaired) electrons. The molecule has 3 amide bonds. The van der Waals surface area contributed by atoms with E-state index in [-0.39, 0.29) is 11.1 Å². The smallest absolute Gasteiger partial charge is 0.329 e. The number of fused-ring (bicyclic) bond motifs is 1. The summed E-state index contributed by atoms with van der Waals surface area (Å²) in [5.41, 5.74) is 3.08. The highest BCUT2D eigenvalue weighted by atomic mass is 16.5. The molecule has 1 heterocycles. The molecule has 0 unspecified atom stereocenters.